The van der Waals surface area contributed by atoms with Gasteiger partial charge in [0.2, 0.25) is 5.91 Å². The van der Waals surface area contributed by atoms with Crippen molar-refractivity contribution in [1.29, 1.82) is 0 Å². The highest BCUT2D eigenvalue weighted by atomic mass is 32.2. The highest BCUT2D eigenvalue weighted by Crippen LogP contribution is 2.28. The van der Waals surface area contributed by atoms with Crippen LogP contribution < -0.4 is 11.1 Å². The number of unbranched alkanes of at least 4 members (excludes halogenated alkanes) is 2. The maximum atomic E-state index is 11.6. The molecular formula is C11H22N2OS. The standard InChI is InChI=1S/C11H22N2OS/c1-15-9-4-2-3-8-13-10(14)11(12)6-5-7-11/h2-9,12H2,1H3,(H,13,14). The van der Waals surface area contributed by atoms with Gasteiger partial charge in [0, 0.05) is 6.54 Å². The first-order valence-corrected chi connectivity index (χ1v) is 7.14. The summed E-state index contributed by atoms with van der Waals surface area (Å²) in [5.41, 5.74) is 5.36. The van der Waals surface area contributed by atoms with Crippen molar-refractivity contribution < 1.29 is 4.79 Å². The van der Waals surface area contributed by atoms with Crippen LogP contribution in [0, 0.1) is 0 Å². The number of nitrogens with one attached hydrogen (secondary N) is 1. The molecule has 0 aliphatic heterocycles. The zero-order valence-corrected chi connectivity index (χ0v) is 10.4. The van der Waals surface area contributed by atoms with E-state index in [1.54, 1.807) is 0 Å². The first-order chi connectivity index (χ1) is 7.19. The fourth-order valence-electron chi connectivity index (χ4n) is 1.71. The van der Waals surface area contributed by atoms with E-state index < -0.39 is 5.54 Å². The molecule has 0 saturated heterocycles. The molecule has 0 aromatic heterocycles. The minimum atomic E-state index is -0.529. The lowest BCUT2D eigenvalue weighted by molar-refractivity contribution is -0.129. The predicted molar refractivity (Wildman–Crippen MR) is 66.0 cm³/mol. The molecule has 1 aliphatic rings. The number of carbonyl (C=O) groups excluding carboxylic acids is 1. The third kappa shape index (κ3) is 4.03. The van der Waals surface area contributed by atoms with Gasteiger partial charge in [0.15, 0.2) is 0 Å². The van der Waals surface area contributed by atoms with E-state index in [1.807, 2.05) is 11.8 Å². The molecule has 0 aromatic rings. The number of hydrogen-bond acceptors (Lipinski definition) is 3. The topological polar surface area (TPSA) is 55.1 Å². The van der Waals surface area contributed by atoms with Crippen molar-refractivity contribution in [3.8, 4) is 0 Å². The largest absolute Gasteiger partial charge is 0.355 e. The van der Waals surface area contributed by atoms with Gasteiger partial charge in [-0.1, -0.05) is 6.42 Å². The fourth-order valence-corrected chi connectivity index (χ4v) is 2.20. The van der Waals surface area contributed by atoms with E-state index in [-0.39, 0.29) is 5.91 Å². The quantitative estimate of drug-likeness (QED) is 0.652. The average Bonchev–Trinajstić information content (AvgIpc) is 2.19. The van der Waals surface area contributed by atoms with Crippen molar-refractivity contribution in [1.82, 2.24) is 5.32 Å². The van der Waals surface area contributed by atoms with Crippen LogP contribution in [0.4, 0.5) is 0 Å². The Morgan fingerprint density at radius 1 is 1.40 bits per heavy atom. The zero-order valence-electron chi connectivity index (χ0n) is 9.55. The van der Waals surface area contributed by atoms with E-state index in [0.717, 1.165) is 32.2 Å². The molecule has 88 valence electrons. The smallest absolute Gasteiger partial charge is 0.240 e. The second kappa shape index (κ2) is 6.38. The maximum Gasteiger partial charge on any atom is 0.240 e. The van der Waals surface area contributed by atoms with Gasteiger partial charge < -0.3 is 11.1 Å². The second-order valence-corrected chi connectivity index (χ2v) is 5.30. The molecule has 0 aromatic carbocycles. The highest BCUT2D eigenvalue weighted by molar-refractivity contribution is 7.98. The summed E-state index contributed by atoms with van der Waals surface area (Å²) in [6, 6.07) is 0. The summed E-state index contributed by atoms with van der Waals surface area (Å²) in [6.45, 7) is 0.784. The Morgan fingerprint density at radius 2 is 2.13 bits per heavy atom. The Morgan fingerprint density at radius 3 is 2.67 bits per heavy atom. The number of rotatable bonds is 7. The van der Waals surface area contributed by atoms with Gasteiger partial charge >= 0.3 is 0 Å². The monoisotopic (exact) mass is 230 g/mol. The fraction of sp³-hybridized carbons (Fsp3) is 0.909. The summed E-state index contributed by atoms with van der Waals surface area (Å²) < 4.78 is 0. The number of amides is 1. The molecule has 1 aliphatic carbocycles. The van der Waals surface area contributed by atoms with Crippen LogP contribution in [0.2, 0.25) is 0 Å². The molecule has 4 heteroatoms. The Bertz CT molecular complexity index is 205. The van der Waals surface area contributed by atoms with Crippen LogP contribution in [0.3, 0.4) is 0 Å². The van der Waals surface area contributed by atoms with Crippen LogP contribution in [0.5, 0.6) is 0 Å². The molecule has 3 nitrogen and oxygen atoms in total. The van der Waals surface area contributed by atoms with Crippen LogP contribution in [-0.2, 0) is 4.79 Å². The lowest BCUT2D eigenvalue weighted by Gasteiger charge is -2.36. The van der Waals surface area contributed by atoms with Gasteiger partial charge in [-0.15, -0.1) is 0 Å². The van der Waals surface area contributed by atoms with Crippen LogP contribution in [0.25, 0.3) is 0 Å². The molecule has 3 N–H and O–H groups in total. The maximum absolute atomic E-state index is 11.6. The molecule has 0 radical (unpaired) electrons. The second-order valence-electron chi connectivity index (χ2n) is 4.32. The summed E-state index contributed by atoms with van der Waals surface area (Å²) in [7, 11) is 0. The zero-order chi connectivity index (χ0) is 11.1. The molecule has 0 heterocycles. The van der Waals surface area contributed by atoms with Crippen molar-refractivity contribution in [2.24, 2.45) is 5.73 Å². The lowest BCUT2D eigenvalue weighted by Crippen LogP contribution is -2.58. The summed E-state index contributed by atoms with van der Waals surface area (Å²) >= 11 is 1.88. The Hall–Kier alpha value is -0.220. The van der Waals surface area contributed by atoms with Crippen molar-refractivity contribution >= 4 is 17.7 Å². The van der Waals surface area contributed by atoms with Gasteiger partial charge in [-0.25, -0.2) is 0 Å². The van der Waals surface area contributed by atoms with E-state index in [0.29, 0.717) is 0 Å². The van der Waals surface area contributed by atoms with E-state index in [9.17, 15) is 4.79 Å². The Balaban J connectivity index is 1.97. The van der Waals surface area contributed by atoms with Gasteiger partial charge in [-0.05, 0) is 44.1 Å². The molecule has 1 fully saturated rings. The van der Waals surface area contributed by atoms with E-state index in [4.69, 9.17) is 5.73 Å². The van der Waals surface area contributed by atoms with Gasteiger partial charge in [0.25, 0.3) is 0 Å². The minimum Gasteiger partial charge on any atom is -0.355 e. The molecule has 1 saturated carbocycles. The molecule has 0 unspecified atom stereocenters. The molecule has 1 amide bonds. The van der Waals surface area contributed by atoms with Crippen LogP contribution in [0.1, 0.15) is 38.5 Å². The van der Waals surface area contributed by atoms with Gasteiger partial charge in [-0.2, -0.15) is 11.8 Å². The minimum absolute atomic E-state index is 0.0543. The van der Waals surface area contributed by atoms with E-state index in [1.165, 1.54) is 18.6 Å². The van der Waals surface area contributed by atoms with Gasteiger partial charge in [0.1, 0.15) is 0 Å². The van der Waals surface area contributed by atoms with Gasteiger partial charge in [-0.3, -0.25) is 4.79 Å². The molecule has 1 rings (SSSR count). The number of carbonyl (C=O) groups is 1. The van der Waals surface area contributed by atoms with Crippen LogP contribution in [-0.4, -0.2) is 30.0 Å². The summed E-state index contributed by atoms with van der Waals surface area (Å²) in [6.07, 6.45) is 8.43. The lowest BCUT2D eigenvalue weighted by atomic mass is 9.77. The van der Waals surface area contributed by atoms with Crippen molar-refractivity contribution in [2.75, 3.05) is 18.6 Å². The predicted octanol–water partition coefficient (Wildman–Crippen LogP) is 1.52. The first-order valence-electron chi connectivity index (χ1n) is 5.75. The molecule has 15 heavy (non-hydrogen) atoms. The SMILES string of the molecule is CSCCCCCNC(=O)C1(N)CCC1. The van der Waals surface area contributed by atoms with Gasteiger partial charge in [0.05, 0.1) is 5.54 Å². The molecule has 0 bridgehead atoms. The number of thioether (sulfide) groups is 1. The van der Waals surface area contributed by atoms with Crippen molar-refractivity contribution in [2.45, 2.75) is 44.1 Å². The highest BCUT2D eigenvalue weighted by Gasteiger charge is 2.39. The van der Waals surface area contributed by atoms with Crippen molar-refractivity contribution in [3.63, 3.8) is 0 Å². The number of hydrogen-bond donors (Lipinski definition) is 2. The normalized spacial score (nSPS) is 18.3. The third-order valence-electron chi connectivity index (χ3n) is 3.01. The summed E-state index contributed by atoms with van der Waals surface area (Å²) in [4.78, 5) is 11.6. The Kier molecular flexibility index (Phi) is 5.47. The first kappa shape index (κ1) is 12.8. The third-order valence-corrected chi connectivity index (χ3v) is 3.71. The molecule has 0 atom stereocenters. The van der Waals surface area contributed by atoms with E-state index >= 15 is 0 Å². The van der Waals surface area contributed by atoms with Crippen molar-refractivity contribution in [3.05, 3.63) is 0 Å². The van der Waals surface area contributed by atoms with Crippen LogP contribution >= 0.6 is 11.8 Å². The van der Waals surface area contributed by atoms with Crippen LogP contribution in [0.15, 0.2) is 0 Å². The number of nitrogens with two attached hydrogens (primary N) is 1. The molecular weight excluding hydrogens is 208 g/mol. The van der Waals surface area contributed by atoms with E-state index in [2.05, 4.69) is 11.6 Å². The molecule has 0 spiro atoms. The average molecular weight is 230 g/mol. The summed E-state index contributed by atoms with van der Waals surface area (Å²) in [5.74, 6) is 1.27. The summed E-state index contributed by atoms with van der Waals surface area (Å²) in [5, 5.41) is 2.93. The Labute approximate surface area is 96.6 Å².